The van der Waals surface area contributed by atoms with Crippen LogP contribution in [0.3, 0.4) is 0 Å². The van der Waals surface area contributed by atoms with E-state index in [0.29, 0.717) is 18.0 Å². The maximum absolute atomic E-state index is 12.4. The minimum absolute atomic E-state index is 0.0590. The van der Waals surface area contributed by atoms with E-state index in [1.54, 1.807) is 32.8 Å². The fraction of sp³-hybridized carbons (Fsp3) is 0.174. The number of aromatic amines is 1. The summed E-state index contributed by atoms with van der Waals surface area (Å²) in [5, 5.41) is 3.85. The molecule has 30 heavy (non-hydrogen) atoms. The number of aromatic nitrogens is 3. The number of fused-ring (bicyclic) bond motifs is 1. The zero-order valence-corrected chi connectivity index (χ0v) is 16.8. The van der Waals surface area contributed by atoms with Crippen LogP contribution in [-0.2, 0) is 17.8 Å². The molecule has 0 spiro atoms. The molecule has 2 N–H and O–H groups in total. The van der Waals surface area contributed by atoms with E-state index in [0.717, 1.165) is 33.3 Å². The Kier molecular flexibility index (Phi) is 5.61. The average Bonchev–Trinajstić information content (AvgIpc) is 3.19. The lowest BCUT2D eigenvalue weighted by molar-refractivity contribution is -0.120. The highest BCUT2D eigenvalue weighted by atomic mass is 16.5. The molecular formula is C23H22N4O3. The minimum atomic E-state index is -0.0590. The second-order valence-corrected chi connectivity index (χ2v) is 6.82. The van der Waals surface area contributed by atoms with Crippen molar-refractivity contribution in [1.29, 1.82) is 0 Å². The molecule has 0 aliphatic carbocycles. The molecule has 0 unspecified atom stereocenters. The summed E-state index contributed by atoms with van der Waals surface area (Å²) < 4.78 is 10.7. The minimum Gasteiger partial charge on any atom is -0.493 e. The number of carbonyl (C=O) groups excluding carboxylic acids is 1. The highest BCUT2D eigenvalue weighted by molar-refractivity contribution is 5.89. The topological polar surface area (TPSA) is 89.1 Å². The molecule has 3 heterocycles. The maximum Gasteiger partial charge on any atom is 0.224 e. The number of hydrogen-bond acceptors (Lipinski definition) is 5. The van der Waals surface area contributed by atoms with Gasteiger partial charge in [-0.05, 0) is 41.0 Å². The third kappa shape index (κ3) is 4.10. The summed E-state index contributed by atoms with van der Waals surface area (Å²) >= 11 is 0. The molecule has 4 rings (SSSR count). The van der Waals surface area contributed by atoms with Gasteiger partial charge in [-0.25, -0.2) is 4.98 Å². The predicted molar refractivity (Wildman–Crippen MR) is 114 cm³/mol. The normalized spacial score (nSPS) is 10.7. The summed E-state index contributed by atoms with van der Waals surface area (Å²) in [4.78, 5) is 24.2. The summed E-state index contributed by atoms with van der Waals surface area (Å²) in [6.07, 6.45) is 7.34. The molecular weight excluding hydrogens is 380 g/mol. The van der Waals surface area contributed by atoms with Crippen LogP contribution < -0.4 is 14.8 Å². The Labute approximate surface area is 174 Å². The number of methoxy groups -OCH3 is 2. The van der Waals surface area contributed by atoms with E-state index < -0.39 is 0 Å². The lowest BCUT2D eigenvalue weighted by Crippen LogP contribution is -2.24. The van der Waals surface area contributed by atoms with Crippen molar-refractivity contribution in [3.63, 3.8) is 0 Å². The lowest BCUT2D eigenvalue weighted by Gasteiger charge is -2.10. The molecule has 0 atom stereocenters. The molecule has 1 aromatic carbocycles. The monoisotopic (exact) mass is 402 g/mol. The van der Waals surface area contributed by atoms with E-state index >= 15 is 0 Å². The van der Waals surface area contributed by atoms with Crippen LogP contribution in [0.15, 0.2) is 61.2 Å². The molecule has 0 fully saturated rings. The van der Waals surface area contributed by atoms with Crippen molar-refractivity contribution in [1.82, 2.24) is 20.3 Å². The van der Waals surface area contributed by atoms with Crippen molar-refractivity contribution in [2.45, 2.75) is 13.0 Å². The Morgan fingerprint density at radius 1 is 1.07 bits per heavy atom. The van der Waals surface area contributed by atoms with Crippen LogP contribution in [0.25, 0.3) is 22.2 Å². The maximum atomic E-state index is 12.4. The number of ether oxygens (including phenoxy) is 2. The summed E-state index contributed by atoms with van der Waals surface area (Å²) in [7, 11) is 3.22. The number of hydrogen-bond donors (Lipinski definition) is 2. The Morgan fingerprint density at radius 2 is 1.93 bits per heavy atom. The Hall–Kier alpha value is -3.87. The molecule has 4 aromatic rings. The van der Waals surface area contributed by atoms with Crippen LogP contribution in [0, 0.1) is 0 Å². The van der Waals surface area contributed by atoms with Crippen molar-refractivity contribution in [3.05, 3.63) is 72.3 Å². The van der Waals surface area contributed by atoms with E-state index in [1.807, 2.05) is 42.6 Å². The molecule has 1 amide bonds. The molecule has 0 radical (unpaired) electrons. The van der Waals surface area contributed by atoms with Gasteiger partial charge < -0.3 is 19.8 Å². The Balaban J connectivity index is 1.55. The van der Waals surface area contributed by atoms with Crippen molar-refractivity contribution >= 4 is 16.9 Å². The van der Waals surface area contributed by atoms with Crippen LogP contribution in [0.5, 0.6) is 11.5 Å². The van der Waals surface area contributed by atoms with Crippen LogP contribution in [0.1, 0.15) is 11.1 Å². The summed E-state index contributed by atoms with van der Waals surface area (Å²) in [5.74, 6) is 1.26. The van der Waals surface area contributed by atoms with Gasteiger partial charge >= 0.3 is 0 Å². The van der Waals surface area contributed by atoms with Crippen LogP contribution >= 0.6 is 0 Å². The first kappa shape index (κ1) is 19.4. The molecule has 0 aliphatic heterocycles. The number of benzene rings is 1. The van der Waals surface area contributed by atoms with Gasteiger partial charge in [0.05, 0.1) is 20.6 Å². The Morgan fingerprint density at radius 3 is 2.70 bits per heavy atom. The largest absolute Gasteiger partial charge is 0.493 e. The summed E-state index contributed by atoms with van der Waals surface area (Å²) in [6.45, 7) is 0.449. The number of amides is 1. The van der Waals surface area contributed by atoms with Gasteiger partial charge in [-0.3, -0.25) is 9.78 Å². The van der Waals surface area contributed by atoms with Gasteiger partial charge in [-0.15, -0.1) is 0 Å². The fourth-order valence-electron chi connectivity index (χ4n) is 3.32. The molecule has 152 valence electrons. The molecule has 7 heteroatoms. The third-order valence-electron chi connectivity index (χ3n) is 4.90. The smallest absolute Gasteiger partial charge is 0.224 e. The highest BCUT2D eigenvalue weighted by Crippen LogP contribution is 2.33. The van der Waals surface area contributed by atoms with Crippen molar-refractivity contribution in [3.8, 4) is 22.6 Å². The van der Waals surface area contributed by atoms with Gasteiger partial charge in [-0.1, -0.05) is 12.1 Å². The molecule has 0 saturated heterocycles. The fourth-order valence-corrected chi connectivity index (χ4v) is 3.32. The van der Waals surface area contributed by atoms with E-state index in [2.05, 4.69) is 20.3 Å². The second-order valence-electron chi connectivity index (χ2n) is 6.82. The quantitative estimate of drug-likeness (QED) is 0.494. The standard InChI is InChI=1S/C23H22N4O3/c1-29-20-6-5-16(9-21(20)30-2)17-8-19-18(14-27-23(19)26-13-17)10-22(28)25-12-15-4-3-7-24-11-15/h3-9,11,13-14H,10,12H2,1-2H3,(H,25,28)(H,26,27). The number of H-pyrrole nitrogens is 1. The number of pyridine rings is 2. The van der Waals surface area contributed by atoms with E-state index in [1.165, 1.54) is 0 Å². The van der Waals surface area contributed by atoms with E-state index in [4.69, 9.17) is 9.47 Å². The lowest BCUT2D eigenvalue weighted by atomic mass is 10.0. The molecule has 7 nitrogen and oxygen atoms in total. The number of carbonyl (C=O) groups is 1. The van der Waals surface area contributed by atoms with Gasteiger partial charge in [0.1, 0.15) is 5.65 Å². The van der Waals surface area contributed by atoms with Gasteiger partial charge in [0.2, 0.25) is 5.91 Å². The third-order valence-corrected chi connectivity index (χ3v) is 4.90. The molecule has 0 saturated carbocycles. The summed E-state index contributed by atoms with van der Waals surface area (Å²) in [6, 6.07) is 11.5. The first-order chi connectivity index (χ1) is 14.7. The number of nitrogens with one attached hydrogen (secondary N) is 2. The summed E-state index contributed by atoms with van der Waals surface area (Å²) in [5.41, 5.74) is 4.48. The molecule has 3 aromatic heterocycles. The first-order valence-electron chi connectivity index (χ1n) is 9.52. The average molecular weight is 402 g/mol. The molecule has 0 aliphatic rings. The SMILES string of the molecule is COc1ccc(-c2cnc3[nH]cc(CC(=O)NCc4cccnc4)c3c2)cc1OC. The van der Waals surface area contributed by atoms with Gasteiger partial charge in [0.25, 0.3) is 0 Å². The van der Waals surface area contributed by atoms with Crippen LogP contribution in [0.4, 0.5) is 0 Å². The predicted octanol–water partition coefficient (Wildman–Crippen LogP) is 3.50. The number of nitrogens with zero attached hydrogens (tertiary/aromatic N) is 2. The second kappa shape index (κ2) is 8.65. The number of rotatable bonds is 7. The van der Waals surface area contributed by atoms with E-state index in [9.17, 15) is 4.79 Å². The Bertz CT molecular complexity index is 1170. The van der Waals surface area contributed by atoms with E-state index in [-0.39, 0.29) is 12.3 Å². The van der Waals surface area contributed by atoms with Crippen LogP contribution in [0.2, 0.25) is 0 Å². The van der Waals surface area contributed by atoms with Crippen LogP contribution in [-0.4, -0.2) is 35.1 Å². The van der Waals surface area contributed by atoms with Crippen molar-refractivity contribution < 1.29 is 14.3 Å². The zero-order valence-electron chi connectivity index (χ0n) is 16.8. The first-order valence-corrected chi connectivity index (χ1v) is 9.52. The van der Waals surface area contributed by atoms with Gasteiger partial charge in [0, 0.05) is 42.3 Å². The highest BCUT2D eigenvalue weighted by Gasteiger charge is 2.12. The van der Waals surface area contributed by atoms with Gasteiger partial charge in [0.15, 0.2) is 11.5 Å². The molecule has 0 bridgehead atoms. The zero-order chi connectivity index (χ0) is 20.9. The van der Waals surface area contributed by atoms with Gasteiger partial charge in [-0.2, -0.15) is 0 Å². The van der Waals surface area contributed by atoms with Crippen molar-refractivity contribution in [2.24, 2.45) is 0 Å². The van der Waals surface area contributed by atoms with Crippen molar-refractivity contribution in [2.75, 3.05) is 14.2 Å².